The number of rotatable bonds is 4. The van der Waals surface area contributed by atoms with Gasteiger partial charge in [-0.1, -0.05) is 19.6 Å². The summed E-state index contributed by atoms with van der Waals surface area (Å²) in [7, 11) is 1.62. The maximum atomic E-state index is 11.4. The number of ether oxygens (including phenoxy) is 2. The van der Waals surface area contributed by atoms with Crippen LogP contribution in [0, 0.1) is 0 Å². The van der Waals surface area contributed by atoms with Crippen LogP contribution < -0.4 is 9.64 Å². The quantitative estimate of drug-likeness (QED) is 0.599. The number of hydrogen-bond acceptors (Lipinski definition) is 6. The van der Waals surface area contributed by atoms with E-state index in [2.05, 4.69) is 12.6 Å². The Kier molecular flexibility index (Phi) is 6.11. The van der Waals surface area contributed by atoms with Crippen LogP contribution in [0.3, 0.4) is 0 Å². The monoisotopic (exact) mass is 357 g/mol. The van der Waals surface area contributed by atoms with Crippen LogP contribution in [-0.4, -0.2) is 58.3 Å². The number of benzene rings is 1. The standard InChI is InChI=1S/C16H23NO6S/c1-4-9-7-10(5-6-11(9)17(3)16(21)24)23-15-14(20)13(19)12(18)8(2)22-15/h5-8,12-15,18-20H,4H2,1-3H3,(H,21,24)/t8-,12+,13+,14+,15-/m0/s1. The lowest BCUT2D eigenvalue weighted by atomic mass is 10.00. The van der Waals surface area contributed by atoms with Gasteiger partial charge in [0.25, 0.3) is 5.24 Å². The molecule has 3 N–H and O–H groups in total. The molecule has 0 radical (unpaired) electrons. The Bertz CT molecular complexity index is 598. The molecule has 1 amide bonds. The molecule has 7 nitrogen and oxygen atoms in total. The maximum absolute atomic E-state index is 11.4. The van der Waals surface area contributed by atoms with Crippen molar-refractivity contribution < 1.29 is 29.6 Å². The molecule has 0 aliphatic carbocycles. The van der Waals surface area contributed by atoms with Gasteiger partial charge in [-0.15, -0.1) is 0 Å². The molecule has 1 aliphatic rings. The van der Waals surface area contributed by atoms with E-state index in [0.717, 1.165) is 5.56 Å². The van der Waals surface area contributed by atoms with Gasteiger partial charge < -0.3 is 29.7 Å². The molecule has 1 saturated heterocycles. The Morgan fingerprint density at radius 1 is 1.29 bits per heavy atom. The van der Waals surface area contributed by atoms with Crippen molar-refractivity contribution in [3.63, 3.8) is 0 Å². The fourth-order valence-electron chi connectivity index (χ4n) is 2.59. The fourth-order valence-corrected chi connectivity index (χ4v) is 2.70. The van der Waals surface area contributed by atoms with Crippen LogP contribution in [0.1, 0.15) is 19.4 Å². The topological polar surface area (TPSA) is 99.5 Å². The summed E-state index contributed by atoms with van der Waals surface area (Å²) in [5, 5.41) is 29.2. The van der Waals surface area contributed by atoms with E-state index >= 15 is 0 Å². The first-order valence-corrected chi connectivity index (χ1v) is 8.16. The van der Waals surface area contributed by atoms with E-state index in [1.54, 1.807) is 32.2 Å². The molecule has 24 heavy (non-hydrogen) atoms. The average Bonchev–Trinajstić information content (AvgIpc) is 2.56. The first kappa shape index (κ1) is 19.0. The van der Waals surface area contributed by atoms with E-state index in [-0.39, 0.29) is 5.24 Å². The molecule has 2 rings (SSSR count). The van der Waals surface area contributed by atoms with E-state index in [9.17, 15) is 20.1 Å². The average molecular weight is 357 g/mol. The first-order valence-electron chi connectivity index (χ1n) is 7.72. The van der Waals surface area contributed by atoms with E-state index in [0.29, 0.717) is 17.9 Å². The molecule has 1 fully saturated rings. The molecule has 0 spiro atoms. The summed E-state index contributed by atoms with van der Waals surface area (Å²) in [6, 6.07) is 5.09. The molecule has 0 aromatic heterocycles. The number of aliphatic hydroxyl groups excluding tert-OH is 3. The largest absolute Gasteiger partial charge is 0.462 e. The minimum Gasteiger partial charge on any atom is -0.462 e. The molecule has 1 aromatic carbocycles. The van der Waals surface area contributed by atoms with Crippen LogP contribution in [0.4, 0.5) is 10.5 Å². The lowest BCUT2D eigenvalue weighted by Crippen LogP contribution is -2.58. The number of carbonyl (C=O) groups is 1. The Morgan fingerprint density at radius 3 is 2.54 bits per heavy atom. The van der Waals surface area contributed by atoms with Crippen molar-refractivity contribution in [1.29, 1.82) is 0 Å². The van der Waals surface area contributed by atoms with E-state index < -0.39 is 30.7 Å². The summed E-state index contributed by atoms with van der Waals surface area (Å²) in [4.78, 5) is 12.8. The third-order valence-electron chi connectivity index (χ3n) is 4.14. The molecule has 134 valence electrons. The highest BCUT2D eigenvalue weighted by Crippen LogP contribution is 2.29. The van der Waals surface area contributed by atoms with Crippen molar-refractivity contribution in [3.8, 4) is 5.75 Å². The van der Waals surface area contributed by atoms with Gasteiger partial charge in [-0.05, 0) is 37.1 Å². The molecule has 0 bridgehead atoms. The lowest BCUT2D eigenvalue weighted by Gasteiger charge is -2.39. The zero-order chi connectivity index (χ0) is 18.0. The third kappa shape index (κ3) is 3.84. The number of anilines is 1. The van der Waals surface area contributed by atoms with Crippen LogP contribution in [0.5, 0.6) is 5.75 Å². The number of hydrogen-bond donors (Lipinski definition) is 4. The Balaban J connectivity index is 2.20. The summed E-state index contributed by atoms with van der Waals surface area (Å²) < 4.78 is 11.0. The minimum atomic E-state index is -1.37. The zero-order valence-corrected chi connectivity index (χ0v) is 14.7. The van der Waals surface area contributed by atoms with Gasteiger partial charge in [-0.3, -0.25) is 4.79 Å². The van der Waals surface area contributed by atoms with Gasteiger partial charge in [-0.25, -0.2) is 0 Å². The van der Waals surface area contributed by atoms with Gasteiger partial charge >= 0.3 is 0 Å². The van der Waals surface area contributed by atoms with Crippen LogP contribution in [0.25, 0.3) is 0 Å². The van der Waals surface area contributed by atoms with Crippen LogP contribution in [-0.2, 0) is 11.2 Å². The minimum absolute atomic E-state index is 0.379. The third-order valence-corrected chi connectivity index (χ3v) is 4.44. The summed E-state index contributed by atoms with van der Waals surface area (Å²) in [6.07, 6.45) is -5.02. The first-order chi connectivity index (χ1) is 11.3. The fraction of sp³-hybridized carbons (Fsp3) is 0.562. The highest BCUT2D eigenvalue weighted by atomic mass is 32.1. The van der Waals surface area contributed by atoms with Gasteiger partial charge in [0.2, 0.25) is 6.29 Å². The van der Waals surface area contributed by atoms with Crippen LogP contribution in [0.2, 0.25) is 0 Å². The molecular formula is C16H23NO6S. The molecule has 5 atom stereocenters. The molecule has 8 heteroatoms. The van der Waals surface area contributed by atoms with Crippen molar-refractivity contribution in [1.82, 2.24) is 0 Å². The zero-order valence-electron chi connectivity index (χ0n) is 13.8. The number of aliphatic hydroxyl groups is 3. The highest BCUT2D eigenvalue weighted by Gasteiger charge is 2.43. The lowest BCUT2D eigenvalue weighted by molar-refractivity contribution is -0.268. The number of carbonyl (C=O) groups excluding carboxylic acids is 1. The molecule has 0 unspecified atom stereocenters. The summed E-state index contributed by atoms with van der Waals surface area (Å²) in [6.45, 7) is 3.53. The Morgan fingerprint density at radius 2 is 1.96 bits per heavy atom. The maximum Gasteiger partial charge on any atom is 0.282 e. The van der Waals surface area contributed by atoms with Crippen LogP contribution in [0.15, 0.2) is 18.2 Å². The molecule has 0 saturated carbocycles. The van der Waals surface area contributed by atoms with Crippen molar-refractivity contribution in [2.75, 3.05) is 11.9 Å². The number of amides is 1. The van der Waals surface area contributed by atoms with Crippen molar-refractivity contribution in [2.45, 2.75) is 51.0 Å². The van der Waals surface area contributed by atoms with Gasteiger partial charge in [-0.2, -0.15) is 0 Å². The summed E-state index contributed by atoms with van der Waals surface area (Å²) in [5.41, 5.74) is 1.56. The Labute approximate surface area is 146 Å². The SMILES string of the molecule is CCc1cc(O[C@@H]2O[C@@H](C)[C@@H](O)[C@@H](O)[C@H]2O)ccc1N(C)C(=O)S. The van der Waals surface area contributed by atoms with Crippen LogP contribution >= 0.6 is 12.6 Å². The number of thiol groups is 1. The number of aryl methyl sites for hydroxylation is 1. The van der Waals surface area contributed by atoms with E-state index in [4.69, 9.17) is 9.47 Å². The Hall–Kier alpha value is -1.32. The normalized spacial score (nSPS) is 30.0. The second kappa shape index (κ2) is 7.71. The van der Waals surface area contributed by atoms with Gasteiger partial charge in [0.15, 0.2) is 0 Å². The predicted octanol–water partition coefficient (Wildman–Crippen LogP) is 0.941. The second-order valence-corrected chi connectivity index (χ2v) is 6.17. The molecule has 1 aliphatic heterocycles. The smallest absolute Gasteiger partial charge is 0.282 e. The molecular weight excluding hydrogens is 334 g/mol. The van der Waals surface area contributed by atoms with E-state index in [1.807, 2.05) is 6.92 Å². The highest BCUT2D eigenvalue weighted by molar-refractivity contribution is 7.96. The van der Waals surface area contributed by atoms with Gasteiger partial charge in [0.1, 0.15) is 24.1 Å². The van der Waals surface area contributed by atoms with E-state index in [1.165, 1.54) is 4.90 Å². The predicted molar refractivity (Wildman–Crippen MR) is 91.6 cm³/mol. The van der Waals surface area contributed by atoms with Gasteiger partial charge in [0, 0.05) is 12.7 Å². The van der Waals surface area contributed by atoms with Crippen molar-refractivity contribution in [2.24, 2.45) is 0 Å². The van der Waals surface area contributed by atoms with Crippen molar-refractivity contribution >= 4 is 23.6 Å². The van der Waals surface area contributed by atoms with Crippen molar-refractivity contribution in [3.05, 3.63) is 23.8 Å². The second-order valence-electron chi connectivity index (χ2n) is 5.78. The summed E-state index contributed by atoms with van der Waals surface area (Å²) >= 11 is 3.81. The number of nitrogens with zero attached hydrogens (tertiary/aromatic N) is 1. The molecule has 1 aromatic rings. The molecule has 1 heterocycles. The van der Waals surface area contributed by atoms with Gasteiger partial charge in [0.05, 0.1) is 6.10 Å². The summed E-state index contributed by atoms with van der Waals surface area (Å²) in [5.74, 6) is 0.426.